The maximum atomic E-state index is 6.78. The largest absolute Gasteiger partial charge is 0.457 e. The van der Waals surface area contributed by atoms with E-state index in [1.807, 2.05) is 0 Å². The summed E-state index contributed by atoms with van der Waals surface area (Å²) in [7, 11) is 0. The number of hydrogen-bond donors (Lipinski definition) is 0. The zero-order valence-corrected chi connectivity index (χ0v) is 36.1. The Hall–Kier alpha value is -8.14. The van der Waals surface area contributed by atoms with Gasteiger partial charge in [-0.05, 0) is 110 Å². The number of hydrogen-bond acceptors (Lipinski definition) is 2. The van der Waals surface area contributed by atoms with Crippen molar-refractivity contribution in [1.29, 1.82) is 0 Å². The number of nitrogens with zero attached hydrogens (tertiary/aromatic N) is 2. The summed E-state index contributed by atoms with van der Waals surface area (Å²) in [6.45, 7) is 4.73. The van der Waals surface area contributed by atoms with Crippen LogP contribution in [0, 0.1) is 0 Å². The van der Waals surface area contributed by atoms with Gasteiger partial charge in [0, 0.05) is 49.9 Å². The quantitative estimate of drug-likeness (QED) is 0.176. The minimum absolute atomic E-state index is 0.114. The Morgan fingerprint density at radius 2 is 1.00 bits per heavy atom. The highest BCUT2D eigenvalue weighted by atomic mass is 16.5. The summed E-state index contributed by atoms with van der Waals surface area (Å²) in [6, 6.07) is 80.7. The summed E-state index contributed by atoms with van der Waals surface area (Å²) in [5.74, 6) is 1.77. The molecule has 0 saturated carbocycles. The fourth-order valence-corrected chi connectivity index (χ4v) is 12.1. The van der Waals surface area contributed by atoms with E-state index in [4.69, 9.17) is 4.74 Å². The lowest BCUT2D eigenvalue weighted by molar-refractivity contribution is 0.435. The summed E-state index contributed by atoms with van der Waals surface area (Å²) >= 11 is 0. The molecule has 1 spiro atoms. The maximum absolute atomic E-state index is 6.78. The topological polar surface area (TPSA) is 17.4 Å². The van der Waals surface area contributed by atoms with Crippen LogP contribution in [0.3, 0.4) is 0 Å². The third-order valence-corrected chi connectivity index (χ3v) is 14.8. The molecule has 14 rings (SSSR count). The van der Waals surface area contributed by atoms with Crippen LogP contribution in [-0.4, -0.2) is 4.57 Å². The van der Waals surface area contributed by atoms with E-state index in [1.54, 1.807) is 0 Å². The van der Waals surface area contributed by atoms with Gasteiger partial charge in [-0.25, -0.2) is 0 Å². The lowest BCUT2D eigenvalue weighted by Crippen LogP contribution is -2.36. The Labute approximate surface area is 378 Å². The van der Waals surface area contributed by atoms with Crippen LogP contribution >= 0.6 is 0 Å². The van der Waals surface area contributed by atoms with E-state index < -0.39 is 5.41 Å². The standard InChI is InChI=1S/C62H42N2O/c1-61(2)48-24-8-6-22-47(48)60-51(61)27-16-30-55(60)64-54-29-11-7-21-44(54)45-36-34-42(38-56(45)64)63(40-19-4-3-5-20-40)41-33-35-43-46-23-14-17-39-18-15-28-52(59(39)46)62(53(43)37-41)49-25-9-12-31-57(49)65-58-32-13-10-26-50(58)62/h3-38H,1-2H3. The van der Waals surface area contributed by atoms with Crippen molar-refractivity contribution in [2.24, 2.45) is 0 Å². The molecule has 3 heteroatoms. The Morgan fingerprint density at radius 3 is 1.82 bits per heavy atom. The highest BCUT2D eigenvalue weighted by molar-refractivity contribution is 6.11. The summed E-state index contributed by atoms with van der Waals surface area (Å²) in [5, 5.41) is 4.99. The number of benzene rings is 10. The highest BCUT2D eigenvalue weighted by Crippen LogP contribution is 2.62. The van der Waals surface area contributed by atoms with E-state index in [0.717, 1.165) is 39.7 Å². The average Bonchev–Trinajstić information content (AvgIpc) is 3.81. The first kappa shape index (κ1) is 36.4. The van der Waals surface area contributed by atoms with Crippen LogP contribution in [0.2, 0.25) is 0 Å². The van der Waals surface area contributed by atoms with Gasteiger partial charge in [0.15, 0.2) is 0 Å². The zero-order valence-electron chi connectivity index (χ0n) is 36.1. The van der Waals surface area contributed by atoms with Crippen LogP contribution in [-0.2, 0) is 10.8 Å². The molecule has 0 N–H and O–H groups in total. The zero-order chi connectivity index (χ0) is 43.0. The lowest BCUT2D eigenvalue weighted by Gasteiger charge is -2.45. The van der Waals surface area contributed by atoms with E-state index in [-0.39, 0.29) is 5.41 Å². The van der Waals surface area contributed by atoms with Gasteiger partial charge in [0.25, 0.3) is 0 Å². The van der Waals surface area contributed by atoms with Crippen molar-refractivity contribution in [1.82, 2.24) is 4.57 Å². The van der Waals surface area contributed by atoms with Crippen molar-refractivity contribution >= 4 is 49.6 Å². The first-order valence-electron chi connectivity index (χ1n) is 22.7. The van der Waals surface area contributed by atoms with E-state index in [9.17, 15) is 0 Å². The Morgan fingerprint density at radius 1 is 0.400 bits per heavy atom. The van der Waals surface area contributed by atoms with Gasteiger partial charge >= 0.3 is 0 Å². The molecular weight excluding hydrogens is 789 g/mol. The van der Waals surface area contributed by atoms with Gasteiger partial charge in [0.1, 0.15) is 11.5 Å². The van der Waals surface area contributed by atoms with Crippen LogP contribution in [0.4, 0.5) is 17.1 Å². The third kappa shape index (κ3) is 4.79. The maximum Gasteiger partial charge on any atom is 0.132 e. The molecule has 2 heterocycles. The number of rotatable bonds is 4. The van der Waals surface area contributed by atoms with Crippen molar-refractivity contribution in [2.75, 3.05) is 4.90 Å². The number of aromatic nitrogens is 1. The molecule has 2 aliphatic carbocycles. The van der Waals surface area contributed by atoms with Gasteiger partial charge in [-0.2, -0.15) is 0 Å². The van der Waals surface area contributed by atoms with Crippen molar-refractivity contribution in [3.05, 3.63) is 252 Å². The molecule has 1 aliphatic heterocycles. The van der Waals surface area contributed by atoms with Crippen LogP contribution in [0.5, 0.6) is 11.5 Å². The van der Waals surface area contributed by atoms with Crippen LogP contribution < -0.4 is 9.64 Å². The molecule has 0 fully saturated rings. The second-order valence-electron chi connectivity index (χ2n) is 18.4. The van der Waals surface area contributed by atoms with E-state index in [2.05, 4.69) is 242 Å². The van der Waals surface area contributed by atoms with Crippen LogP contribution in [0.25, 0.3) is 60.5 Å². The number of para-hydroxylation sites is 4. The number of anilines is 3. The fourth-order valence-electron chi connectivity index (χ4n) is 12.1. The number of fused-ring (bicyclic) bond motifs is 14. The summed E-state index contributed by atoms with van der Waals surface area (Å²) < 4.78 is 9.30. The Bertz CT molecular complexity index is 3750. The molecule has 10 aromatic carbocycles. The molecular formula is C62H42N2O. The summed E-state index contributed by atoms with van der Waals surface area (Å²) in [5.41, 5.74) is 18.7. The minimum atomic E-state index is -0.652. The predicted molar refractivity (Wildman–Crippen MR) is 268 cm³/mol. The molecule has 0 unspecified atom stereocenters. The second-order valence-corrected chi connectivity index (χ2v) is 18.4. The molecule has 306 valence electrons. The van der Waals surface area contributed by atoms with E-state index >= 15 is 0 Å². The van der Waals surface area contributed by atoms with Gasteiger partial charge < -0.3 is 14.2 Å². The molecule has 3 aliphatic rings. The fraction of sp³-hybridized carbons (Fsp3) is 0.0645. The van der Waals surface area contributed by atoms with Crippen molar-refractivity contribution < 1.29 is 4.74 Å². The lowest BCUT2D eigenvalue weighted by atomic mass is 9.58. The first-order chi connectivity index (χ1) is 32.0. The van der Waals surface area contributed by atoms with E-state index in [1.165, 1.54) is 82.8 Å². The minimum Gasteiger partial charge on any atom is -0.457 e. The number of ether oxygens (including phenoxy) is 1. The van der Waals surface area contributed by atoms with Crippen molar-refractivity contribution in [3.8, 4) is 39.4 Å². The van der Waals surface area contributed by atoms with Gasteiger partial charge in [-0.1, -0.05) is 172 Å². The van der Waals surface area contributed by atoms with Gasteiger partial charge in [-0.15, -0.1) is 0 Å². The normalized spacial score (nSPS) is 14.4. The third-order valence-electron chi connectivity index (χ3n) is 14.8. The molecule has 0 saturated heterocycles. The molecule has 1 aromatic heterocycles. The summed E-state index contributed by atoms with van der Waals surface area (Å²) in [6.07, 6.45) is 0. The molecule has 11 aromatic rings. The summed E-state index contributed by atoms with van der Waals surface area (Å²) in [4.78, 5) is 2.45. The Balaban J connectivity index is 1.05. The van der Waals surface area contributed by atoms with Gasteiger partial charge in [0.05, 0.1) is 22.1 Å². The second kappa shape index (κ2) is 13.2. The van der Waals surface area contributed by atoms with E-state index in [0.29, 0.717) is 0 Å². The molecule has 65 heavy (non-hydrogen) atoms. The van der Waals surface area contributed by atoms with Crippen molar-refractivity contribution in [3.63, 3.8) is 0 Å². The van der Waals surface area contributed by atoms with Gasteiger partial charge in [0.2, 0.25) is 0 Å². The molecule has 0 atom stereocenters. The van der Waals surface area contributed by atoms with Crippen molar-refractivity contribution in [2.45, 2.75) is 24.7 Å². The first-order valence-corrected chi connectivity index (χ1v) is 22.7. The van der Waals surface area contributed by atoms with Crippen LogP contribution in [0.15, 0.2) is 218 Å². The molecule has 3 nitrogen and oxygen atoms in total. The average molecular weight is 831 g/mol. The molecule has 0 radical (unpaired) electrons. The van der Waals surface area contributed by atoms with Gasteiger partial charge in [-0.3, -0.25) is 0 Å². The monoisotopic (exact) mass is 830 g/mol. The smallest absolute Gasteiger partial charge is 0.132 e. The molecule has 0 amide bonds. The van der Waals surface area contributed by atoms with Crippen LogP contribution in [0.1, 0.15) is 47.2 Å². The SMILES string of the molecule is CC1(C)c2ccccc2-c2c(-n3c4ccccc4c4ccc(N(c5ccccc5)c5ccc6c(c5)C5(c7ccccc7Oc7ccccc75)c5cccc7cccc-6c57)cc43)cccc21. The Kier molecular flexibility index (Phi) is 7.38. The predicted octanol–water partition coefficient (Wildman–Crippen LogP) is 16.2. The highest BCUT2D eigenvalue weighted by Gasteiger charge is 2.49. The molecule has 0 bridgehead atoms.